The van der Waals surface area contributed by atoms with Gasteiger partial charge in [0, 0.05) is 23.7 Å². The molecule has 48 heavy (non-hydrogen) atoms. The number of rotatable bonds is 10. The largest absolute Gasteiger partial charge is 0.507 e. The Morgan fingerprint density at radius 2 is 1.19 bits per heavy atom. The quantitative estimate of drug-likeness (QED) is 0.137. The van der Waals surface area contributed by atoms with Crippen LogP contribution in [-0.2, 0) is 17.7 Å². The van der Waals surface area contributed by atoms with Crippen molar-refractivity contribution in [2.75, 3.05) is 20.8 Å². The molecule has 1 saturated heterocycles. The first-order chi connectivity index (χ1) is 23.1. The van der Waals surface area contributed by atoms with Gasteiger partial charge in [-0.05, 0) is 104 Å². The van der Waals surface area contributed by atoms with Crippen molar-refractivity contribution in [3.05, 3.63) is 159 Å². The van der Waals surface area contributed by atoms with Gasteiger partial charge in [-0.15, -0.1) is 0 Å². The zero-order chi connectivity index (χ0) is 34.1. The molecule has 0 aromatic heterocycles. The summed E-state index contributed by atoms with van der Waals surface area (Å²) in [6.45, 7) is 7.09. The molecule has 6 nitrogen and oxygen atoms in total. The van der Waals surface area contributed by atoms with Crippen molar-refractivity contribution in [2.45, 2.75) is 57.4 Å². The summed E-state index contributed by atoms with van der Waals surface area (Å²) in [5.41, 5.74) is 3.91. The second-order valence-electron chi connectivity index (χ2n) is 13.0. The highest BCUT2D eigenvalue weighted by Gasteiger charge is 2.46. The fourth-order valence-corrected chi connectivity index (χ4v) is 7.59. The van der Waals surface area contributed by atoms with Crippen LogP contribution in [0.2, 0.25) is 0 Å². The van der Waals surface area contributed by atoms with Crippen LogP contribution in [0.3, 0.4) is 0 Å². The van der Waals surface area contributed by atoms with Gasteiger partial charge in [-0.3, -0.25) is 4.90 Å². The molecule has 5 aromatic rings. The number of nitrogens with zero attached hydrogens (tertiary/aromatic N) is 1. The second-order valence-corrected chi connectivity index (χ2v) is 13.0. The van der Waals surface area contributed by atoms with E-state index in [4.69, 9.17) is 9.47 Å². The summed E-state index contributed by atoms with van der Waals surface area (Å²) in [5.74, 6) is 1.48. The molecule has 0 unspecified atom stereocenters. The topological polar surface area (TPSA) is 82.4 Å². The lowest BCUT2D eigenvalue weighted by atomic mass is 9.75. The number of aryl methyl sites for hydroxylation is 3. The van der Waals surface area contributed by atoms with E-state index < -0.39 is 11.2 Å². The van der Waals surface area contributed by atoms with Crippen molar-refractivity contribution in [3.8, 4) is 17.2 Å². The van der Waals surface area contributed by atoms with Crippen molar-refractivity contribution < 1.29 is 24.8 Å². The molecule has 0 amide bonds. The molecule has 0 aliphatic carbocycles. The number of phenolic OH excluding ortho intramolecular Hbond substituents is 1. The average molecular weight is 644 g/mol. The van der Waals surface area contributed by atoms with E-state index in [2.05, 4.69) is 4.90 Å². The number of aliphatic hydroxyl groups is 2. The van der Waals surface area contributed by atoms with Gasteiger partial charge in [0.25, 0.3) is 0 Å². The molecule has 3 N–H and O–H groups in total. The standard InChI is InChI=1S/C42H45NO5/c1-28-25-31(40(44)38(26-28)42(46,36-13-8-6-11-29(36)2)37-14-9-7-12-30(37)3)27-43-24-10-15-39(43)41(45,32-16-20-34(47-4)21-17-32)33-18-22-35(48-5)23-19-33/h6-9,11-14,16-23,25-26,39,44-46H,10,15,24,27H2,1-5H3/t39-/m0/s1. The van der Waals surface area contributed by atoms with Gasteiger partial charge in [-0.25, -0.2) is 0 Å². The SMILES string of the molecule is COc1ccc(C(O)(c2ccc(OC)cc2)[C@@H]2CCCN2Cc2cc(C)cc(C(O)(c3ccccc3C)c3ccccc3C)c2O)cc1. The number of hydrogen-bond donors (Lipinski definition) is 3. The molecule has 6 heteroatoms. The average Bonchev–Trinajstić information content (AvgIpc) is 3.58. The number of benzene rings is 5. The van der Waals surface area contributed by atoms with Gasteiger partial charge < -0.3 is 24.8 Å². The minimum absolute atomic E-state index is 0.0534. The van der Waals surface area contributed by atoms with Crippen molar-refractivity contribution in [3.63, 3.8) is 0 Å². The van der Waals surface area contributed by atoms with Crippen molar-refractivity contribution >= 4 is 0 Å². The summed E-state index contributed by atoms with van der Waals surface area (Å²) in [4.78, 5) is 2.26. The Balaban J connectivity index is 1.46. The van der Waals surface area contributed by atoms with Crippen LogP contribution in [0.5, 0.6) is 17.2 Å². The molecule has 1 atom stereocenters. The van der Waals surface area contributed by atoms with Gasteiger partial charge in [0.2, 0.25) is 0 Å². The lowest BCUT2D eigenvalue weighted by Crippen LogP contribution is -2.48. The van der Waals surface area contributed by atoms with E-state index >= 15 is 0 Å². The number of likely N-dealkylation sites (tertiary alicyclic amines) is 1. The van der Waals surface area contributed by atoms with E-state index in [9.17, 15) is 15.3 Å². The second kappa shape index (κ2) is 13.5. The predicted octanol–water partition coefficient (Wildman–Crippen LogP) is 7.52. The Hall–Kier alpha value is -4.62. The van der Waals surface area contributed by atoms with Gasteiger partial charge in [-0.1, -0.05) is 84.4 Å². The molecule has 0 spiro atoms. The van der Waals surface area contributed by atoms with Crippen LogP contribution < -0.4 is 9.47 Å². The van der Waals surface area contributed by atoms with Crippen LogP contribution in [0.1, 0.15) is 62.9 Å². The van der Waals surface area contributed by atoms with Crippen LogP contribution in [0.25, 0.3) is 0 Å². The molecule has 1 aliphatic rings. The molecule has 1 aliphatic heterocycles. The van der Waals surface area contributed by atoms with E-state index in [1.165, 1.54) is 0 Å². The maximum Gasteiger partial charge on any atom is 0.144 e. The third kappa shape index (κ3) is 5.85. The molecule has 1 heterocycles. The third-order valence-electron chi connectivity index (χ3n) is 10.1. The Morgan fingerprint density at radius 3 is 1.67 bits per heavy atom. The fraction of sp³-hybridized carbons (Fsp3) is 0.286. The normalized spacial score (nSPS) is 15.4. The summed E-state index contributed by atoms with van der Waals surface area (Å²) in [5, 5.41) is 38.0. The highest BCUT2D eigenvalue weighted by atomic mass is 16.5. The molecular weight excluding hydrogens is 598 g/mol. The molecular formula is C42H45NO5. The molecule has 6 rings (SSSR count). The zero-order valence-corrected chi connectivity index (χ0v) is 28.4. The predicted molar refractivity (Wildman–Crippen MR) is 190 cm³/mol. The van der Waals surface area contributed by atoms with Gasteiger partial charge in [0.05, 0.1) is 14.2 Å². The summed E-state index contributed by atoms with van der Waals surface area (Å²) in [6.07, 6.45) is 1.64. The van der Waals surface area contributed by atoms with Gasteiger partial charge >= 0.3 is 0 Å². The van der Waals surface area contributed by atoms with Crippen LogP contribution in [-0.4, -0.2) is 47.0 Å². The zero-order valence-electron chi connectivity index (χ0n) is 28.4. The van der Waals surface area contributed by atoms with Crippen molar-refractivity contribution in [1.29, 1.82) is 0 Å². The third-order valence-corrected chi connectivity index (χ3v) is 10.1. The van der Waals surface area contributed by atoms with Gasteiger partial charge in [0.15, 0.2) is 0 Å². The van der Waals surface area contributed by atoms with E-state index in [0.29, 0.717) is 29.2 Å². The maximum atomic E-state index is 12.9. The highest BCUT2D eigenvalue weighted by molar-refractivity contribution is 5.58. The molecule has 1 fully saturated rings. The molecule has 0 radical (unpaired) electrons. The lowest BCUT2D eigenvalue weighted by molar-refractivity contribution is -0.00683. The minimum atomic E-state index is -1.60. The van der Waals surface area contributed by atoms with Gasteiger partial charge in [0.1, 0.15) is 28.5 Å². The van der Waals surface area contributed by atoms with Gasteiger partial charge in [-0.2, -0.15) is 0 Å². The summed E-state index contributed by atoms with van der Waals surface area (Å²) in [7, 11) is 3.26. The van der Waals surface area contributed by atoms with Crippen molar-refractivity contribution in [2.24, 2.45) is 0 Å². The van der Waals surface area contributed by atoms with Crippen molar-refractivity contribution in [1.82, 2.24) is 4.90 Å². The molecule has 0 bridgehead atoms. The Labute approximate surface area is 283 Å². The molecule has 248 valence electrons. The first-order valence-corrected chi connectivity index (χ1v) is 16.5. The number of aromatic hydroxyl groups is 1. The minimum Gasteiger partial charge on any atom is -0.507 e. The fourth-order valence-electron chi connectivity index (χ4n) is 7.59. The first kappa shape index (κ1) is 33.3. The van der Waals surface area contributed by atoms with Crippen LogP contribution in [0.15, 0.2) is 109 Å². The number of ether oxygens (including phenoxy) is 2. The lowest BCUT2D eigenvalue weighted by Gasteiger charge is -2.40. The Morgan fingerprint density at radius 1 is 0.688 bits per heavy atom. The summed E-state index contributed by atoms with van der Waals surface area (Å²) < 4.78 is 10.9. The first-order valence-electron chi connectivity index (χ1n) is 16.5. The highest BCUT2D eigenvalue weighted by Crippen LogP contribution is 2.47. The molecule has 0 saturated carbocycles. The van der Waals surface area contributed by atoms with E-state index in [-0.39, 0.29) is 11.8 Å². The summed E-state index contributed by atoms with van der Waals surface area (Å²) in [6, 6.07) is 34.4. The molecule has 5 aromatic carbocycles. The number of hydrogen-bond acceptors (Lipinski definition) is 6. The summed E-state index contributed by atoms with van der Waals surface area (Å²) >= 11 is 0. The number of methoxy groups -OCH3 is 2. The van der Waals surface area contributed by atoms with Crippen LogP contribution >= 0.6 is 0 Å². The van der Waals surface area contributed by atoms with E-state index in [1.807, 2.05) is 130 Å². The van der Waals surface area contributed by atoms with Crippen LogP contribution in [0, 0.1) is 20.8 Å². The Kier molecular flexibility index (Phi) is 9.35. The maximum absolute atomic E-state index is 12.9. The van der Waals surface area contributed by atoms with E-state index in [0.717, 1.165) is 58.3 Å². The number of phenols is 1. The smallest absolute Gasteiger partial charge is 0.144 e. The van der Waals surface area contributed by atoms with Crippen LogP contribution in [0.4, 0.5) is 0 Å². The van der Waals surface area contributed by atoms with E-state index in [1.54, 1.807) is 14.2 Å². The Bertz CT molecular complexity index is 1790. The monoisotopic (exact) mass is 643 g/mol.